The second-order valence-corrected chi connectivity index (χ2v) is 6.85. The molecule has 1 saturated heterocycles. The Hall–Kier alpha value is -1.02. The van der Waals surface area contributed by atoms with Crippen LogP contribution in [0.1, 0.15) is 37.3 Å². The number of benzene rings is 1. The maximum atomic E-state index is 3.77. The third kappa shape index (κ3) is 2.06. The van der Waals surface area contributed by atoms with Crippen LogP contribution in [0.25, 0.3) is 0 Å². The molecule has 4 rings (SSSR count). The molecule has 3 aliphatic rings. The lowest BCUT2D eigenvalue weighted by Crippen LogP contribution is -2.60. The number of anilines is 1. The normalized spacial score (nSPS) is 30.5. The molecular weight excluding hydrogens is 232 g/mol. The Morgan fingerprint density at radius 2 is 2.05 bits per heavy atom. The van der Waals surface area contributed by atoms with Crippen molar-refractivity contribution in [3.63, 3.8) is 0 Å². The number of aryl methyl sites for hydroxylation is 2. The van der Waals surface area contributed by atoms with Gasteiger partial charge in [0.2, 0.25) is 0 Å². The predicted octanol–water partition coefficient (Wildman–Crippen LogP) is 2.75. The van der Waals surface area contributed by atoms with Crippen molar-refractivity contribution >= 4 is 5.69 Å². The van der Waals surface area contributed by atoms with Crippen molar-refractivity contribution in [2.75, 3.05) is 24.5 Å². The number of hydrogen-bond acceptors (Lipinski definition) is 2. The second kappa shape index (κ2) is 4.24. The predicted molar refractivity (Wildman–Crippen MR) is 79.8 cm³/mol. The van der Waals surface area contributed by atoms with Crippen LogP contribution in [-0.4, -0.2) is 25.2 Å². The van der Waals surface area contributed by atoms with Crippen LogP contribution in [0.5, 0.6) is 0 Å². The highest BCUT2D eigenvalue weighted by atomic mass is 15.2. The van der Waals surface area contributed by atoms with E-state index in [0.717, 1.165) is 19.0 Å². The van der Waals surface area contributed by atoms with Gasteiger partial charge < -0.3 is 10.2 Å². The molecule has 1 unspecified atom stereocenters. The summed E-state index contributed by atoms with van der Waals surface area (Å²) < 4.78 is 0. The lowest BCUT2D eigenvalue weighted by Gasteiger charge is -2.43. The van der Waals surface area contributed by atoms with Crippen LogP contribution in [-0.2, 0) is 12.8 Å². The zero-order chi connectivity index (χ0) is 12.9. The molecule has 0 amide bonds. The van der Waals surface area contributed by atoms with Gasteiger partial charge in [-0.3, -0.25) is 0 Å². The van der Waals surface area contributed by atoms with E-state index in [2.05, 4.69) is 35.3 Å². The van der Waals surface area contributed by atoms with Crippen LogP contribution in [0.3, 0.4) is 0 Å². The highest BCUT2D eigenvalue weighted by Crippen LogP contribution is 2.41. The van der Waals surface area contributed by atoms with E-state index in [0.29, 0.717) is 5.54 Å². The van der Waals surface area contributed by atoms with Gasteiger partial charge in [0.25, 0.3) is 0 Å². The third-order valence-electron chi connectivity index (χ3n) is 5.36. The lowest BCUT2D eigenvalue weighted by molar-refractivity contribution is 0.285. The molecule has 0 bridgehead atoms. The van der Waals surface area contributed by atoms with Crippen LogP contribution in [0.2, 0.25) is 0 Å². The Morgan fingerprint density at radius 3 is 2.89 bits per heavy atom. The third-order valence-corrected chi connectivity index (χ3v) is 5.36. The molecule has 1 aromatic carbocycles. The monoisotopic (exact) mass is 256 g/mol. The molecule has 102 valence electrons. The molecule has 2 aliphatic carbocycles. The highest BCUT2D eigenvalue weighted by molar-refractivity contribution is 5.53. The zero-order valence-electron chi connectivity index (χ0n) is 11.9. The van der Waals surface area contributed by atoms with E-state index in [1.807, 2.05) is 0 Å². The molecule has 1 saturated carbocycles. The second-order valence-electron chi connectivity index (χ2n) is 6.85. The van der Waals surface area contributed by atoms with E-state index in [1.54, 1.807) is 11.1 Å². The summed E-state index contributed by atoms with van der Waals surface area (Å²) in [5, 5.41) is 3.77. The summed E-state index contributed by atoms with van der Waals surface area (Å²) in [6, 6.07) is 7.18. The summed E-state index contributed by atoms with van der Waals surface area (Å²) in [4.78, 5) is 2.60. The number of piperazine rings is 1. The molecule has 1 aromatic rings. The molecule has 0 aromatic heterocycles. The van der Waals surface area contributed by atoms with Crippen LogP contribution in [0, 0.1) is 5.92 Å². The molecule has 0 spiro atoms. The van der Waals surface area contributed by atoms with Gasteiger partial charge >= 0.3 is 0 Å². The Kier molecular flexibility index (Phi) is 2.63. The molecule has 0 radical (unpaired) electrons. The molecule has 2 heteroatoms. The average Bonchev–Trinajstić information content (AvgIpc) is 3.18. The minimum Gasteiger partial charge on any atom is -0.368 e. The summed E-state index contributed by atoms with van der Waals surface area (Å²) in [5.41, 5.74) is 4.99. The van der Waals surface area contributed by atoms with Crippen molar-refractivity contribution < 1.29 is 0 Å². The minimum atomic E-state index is 0.345. The smallest absolute Gasteiger partial charge is 0.0370 e. The topological polar surface area (TPSA) is 15.3 Å². The first-order chi connectivity index (χ1) is 9.24. The van der Waals surface area contributed by atoms with Crippen LogP contribution < -0.4 is 10.2 Å². The molecule has 1 N–H and O–H groups in total. The number of nitrogens with one attached hydrogen (secondary N) is 1. The van der Waals surface area contributed by atoms with Crippen molar-refractivity contribution in [3.05, 3.63) is 29.3 Å². The first-order valence-corrected chi connectivity index (χ1v) is 7.86. The van der Waals surface area contributed by atoms with E-state index in [-0.39, 0.29) is 0 Å². The quantitative estimate of drug-likeness (QED) is 0.875. The largest absolute Gasteiger partial charge is 0.368 e. The van der Waals surface area contributed by atoms with Gasteiger partial charge in [-0.05, 0) is 68.2 Å². The maximum absolute atomic E-state index is 3.77. The van der Waals surface area contributed by atoms with Gasteiger partial charge in [0.15, 0.2) is 0 Å². The van der Waals surface area contributed by atoms with Crippen molar-refractivity contribution in [2.24, 2.45) is 5.92 Å². The lowest BCUT2D eigenvalue weighted by atomic mass is 9.92. The fourth-order valence-electron chi connectivity index (χ4n) is 3.98. The molecular formula is C17H24N2. The molecule has 1 atom stereocenters. The van der Waals surface area contributed by atoms with Crippen molar-refractivity contribution in [2.45, 2.75) is 44.6 Å². The highest BCUT2D eigenvalue weighted by Gasteiger charge is 2.43. The van der Waals surface area contributed by atoms with E-state index < -0.39 is 0 Å². The molecule has 19 heavy (non-hydrogen) atoms. The standard InChI is InChI=1S/C17H24N2/c1-17(15-6-7-15)12-19(10-9-18-17)16-8-5-13-3-2-4-14(13)11-16/h5,8,11,15,18H,2-4,6-7,9-10,12H2,1H3. The van der Waals surface area contributed by atoms with E-state index in [9.17, 15) is 0 Å². The van der Waals surface area contributed by atoms with Gasteiger partial charge in [-0.25, -0.2) is 0 Å². The average molecular weight is 256 g/mol. The summed E-state index contributed by atoms with van der Waals surface area (Å²) in [6.07, 6.45) is 6.76. The maximum Gasteiger partial charge on any atom is 0.0370 e. The van der Waals surface area contributed by atoms with Gasteiger partial charge in [0, 0.05) is 30.9 Å². The van der Waals surface area contributed by atoms with Gasteiger partial charge in [-0.2, -0.15) is 0 Å². The first kappa shape index (κ1) is 11.8. The first-order valence-electron chi connectivity index (χ1n) is 7.86. The summed E-state index contributed by atoms with van der Waals surface area (Å²) in [6.45, 7) is 5.88. The number of fused-ring (bicyclic) bond motifs is 1. The van der Waals surface area contributed by atoms with E-state index in [1.165, 1.54) is 44.3 Å². The van der Waals surface area contributed by atoms with Crippen LogP contribution in [0.4, 0.5) is 5.69 Å². The Labute approximate surface area is 116 Å². The van der Waals surface area contributed by atoms with Crippen LogP contribution in [0.15, 0.2) is 18.2 Å². The molecule has 2 nitrogen and oxygen atoms in total. The van der Waals surface area contributed by atoms with Crippen molar-refractivity contribution in [1.82, 2.24) is 5.32 Å². The van der Waals surface area contributed by atoms with Gasteiger partial charge in [-0.15, -0.1) is 0 Å². The van der Waals surface area contributed by atoms with Crippen LogP contribution >= 0.6 is 0 Å². The van der Waals surface area contributed by atoms with E-state index in [4.69, 9.17) is 0 Å². The number of hydrogen-bond donors (Lipinski definition) is 1. The van der Waals surface area contributed by atoms with Gasteiger partial charge in [0.1, 0.15) is 0 Å². The Bertz CT molecular complexity index is 492. The van der Waals surface area contributed by atoms with Crippen molar-refractivity contribution in [3.8, 4) is 0 Å². The fraction of sp³-hybridized carbons (Fsp3) is 0.647. The SMILES string of the molecule is CC1(C2CC2)CN(c2ccc3c(c2)CCC3)CCN1. The fourth-order valence-corrected chi connectivity index (χ4v) is 3.98. The molecule has 2 fully saturated rings. The number of nitrogens with zero attached hydrogens (tertiary/aromatic N) is 1. The van der Waals surface area contributed by atoms with Gasteiger partial charge in [0.05, 0.1) is 0 Å². The zero-order valence-corrected chi connectivity index (χ0v) is 11.9. The summed E-state index contributed by atoms with van der Waals surface area (Å²) in [5.74, 6) is 0.907. The summed E-state index contributed by atoms with van der Waals surface area (Å²) in [7, 11) is 0. The van der Waals surface area contributed by atoms with Crippen molar-refractivity contribution in [1.29, 1.82) is 0 Å². The minimum absolute atomic E-state index is 0.345. The Morgan fingerprint density at radius 1 is 1.21 bits per heavy atom. The van der Waals surface area contributed by atoms with E-state index >= 15 is 0 Å². The van der Waals surface area contributed by atoms with Gasteiger partial charge in [-0.1, -0.05) is 6.07 Å². The number of rotatable bonds is 2. The summed E-state index contributed by atoms with van der Waals surface area (Å²) >= 11 is 0. The molecule has 1 aliphatic heterocycles. The molecule has 1 heterocycles. The Balaban J connectivity index is 1.58.